The van der Waals surface area contributed by atoms with Gasteiger partial charge in [-0.05, 0) is 26.7 Å². The maximum Gasteiger partial charge on any atom is 0.0812 e. The molecule has 0 aromatic heterocycles. The van der Waals surface area contributed by atoms with Crippen LogP contribution in [-0.4, -0.2) is 23.9 Å². The summed E-state index contributed by atoms with van der Waals surface area (Å²) in [5.41, 5.74) is 2.66. The van der Waals surface area contributed by atoms with Gasteiger partial charge in [0.15, 0.2) is 0 Å². The maximum absolute atomic E-state index is 8.67. The van der Waals surface area contributed by atoms with Crippen molar-refractivity contribution >= 4 is 0 Å². The fourth-order valence-electron chi connectivity index (χ4n) is 0.465. The van der Waals surface area contributed by atoms with Crippen molar-refractivity contribution in [3.63, 3.8) is 0 Å². The fourth-order valence-corrected chi connectivity index (χ4v) is 0.465. The highest BCUT2D eigenvalue weighted by atomic mass is 16.7. The van der Waals surface area contributed by atoms with E-state index < -0.39 is 0 Å². The van der Waals surface area contributed by atoms with Gasteiger partial charge in [0.2, 0.25) is 0 Å². The topological polar surface area (TPSA) is 41.5 Å². The highest BCUT2D eigenvalue weighted by molar-refractivity contribution is 4.57. The van der Waals surface area contributed by atoms with E-state index in [1.165, 1.54) is 0 Å². The van der Waals surface area contributed by atoms with Crippen molar-refractivity contribution in [1.82, 2.24) is 5.48 Å². The van der Waals surface area contributed by atoms with Gasteiger partial charge in [-0.2, -0.15) is 0 Å². The van der Waals surface area contributed by atoms with Gasteiger partial charge in [0.05, 0.1) is 5.60 Å². The number of aliphatic hydroxyl groups is 1. The molecule has 0 rings (SSSR count). The number of rotatable bonds is 4. The summed E-state index contributed by atoms with van der Waals surface area (Å²) < 4.78 is 0. The highest BCUT2D eigenvalue weighted by Gasteiger charge is 2.10. The monoisotopic (exact) mass is 161 g/mol. The summed E-state index contributed by atoms with van der Waals surface area (Å²) in [6, 6.07) is 0. The first-order valence-corrected chi connectivity index (χ1v) is 3.97. The Morgan fingerprint density at radius 1 is 1.45 bits per heavy atom. The van der Waals surface area contributed by atoms with Crippen LogP contribution in [0.5, 0.6) is 0 Å². The number of aliphatic hydroxyl groups excluding tert-OH is 1. The minimum atomic E-state index is -0.158. The summed E-state index contributed by atoms with van der Waals surface area (Å²) in [7, 11) is 0. The van der Waals surface area contributed by atoms with Crippen molar-refractivity contribution in [3.05, 3.63) is 0 Å². The van der Waals surface area contributed by atoms with Crippen LogP contribution < -0.4 is 5.48 Å². The first kappa shape index (κ1) is 10.9. The van der Waals surface area contributed by atoms with Gasteiger partial charge in [-0.1, -0.05) is 6.92 Å². The molecule has 0 fully saturated rings. The van der Waals surface area contributed by atoms with E-state index in [0.717, 1.165) is 0 Å². The molecule has 0 bridgehead atoms. The average molecular weight is 161 g/mol. The molecule has 11 heavy (non-hydrogen) atoms. The molecule has 0 aliphatic rings. The van der Waals surface area contributed by atoms with Crippen LogP contribution in [0, 0.1) is 5.92 Å². The molecular formula is C8H19NO2. The summed E-state index contributed by atoms with van der Waals surface area (Å²) in [5, 5.41) is 8.67. The molecule has 1 unspecified atom stereocenters. The van der Waals surface area contributed by atoms with Gasteiger partial charge in [0.25, 0.3) is 0 Å². The number of hydrogen-bond donors (Lipinski definition) is 2. The number of nitrogens with one attached hydrogen (secondary N) is 1. The lowest BCUT2D eigenvalue weighted by atomic mass is 10.2. The van der Waals surface area contributed by atoms with Gasteiger partial charge in [-0.3, -0.25) is 4.84 Å². The van der Waals surface area contributed by atoms with E-state index in [1.54, 1.807) is 0 Å². The van der Waals surface area contributed by atoms with Crippen molar-refractivity contribution in [2.24, 2.45) is 5.92 Å². The third-order valence-electron chi connectivity index (χ3n) is 1.12. The van der Waals surface area contributed by atoms with Crippen LogP contribution in [0.4, 0.5) is 0 Å². The molecule has 68 valence electrons. The Morgan fingerprint density at radius 2 is 2.00 bits per heavy atom. The Morgan fingerprint density at radius 3 is 2.36 bits per heavy atom. The zero-order valence-corrected chi connectivity index (χ0v) is 7.85. The van der Waals surface area contributed by atoms with Crippen molar-refractivity contribution in [1.29, 1.82) is 0 Å². The Kier molecular flexibility index (Phi) is 4.65. The van der Waals surface area contributed by atoms with Crippen molar-refractivity contribution in [2.75, 3.05) is 13.2 Å². The largest absolute Gasteiger partial charge is 0.396 e. The van der Waals surface area contributed by atoms with Crippen molar-refractivity contribution in [3.8, 4) is 0 Å². The summed E-state index contributed by atoms with van der Waals surface area (Å²) in [6.45, 7) is 8.77. The minimum Gasteiger partial charge on any atom is -0.396 e. The van der Waals surface area contributed by atoms with E-state index in [4.69, 9.17) is 9.94 Å². The van der Waals surface area contributed by atoms with E-state index in [9.17, 15) is 0 Å². The molecule has 0 saturated heterocycles. The van der Waals surface area contributed by atoms with Crippen LogP contribution in [0.2, 0.25) is 0 Å². The average Bonchev–Trinajstić information content (AvgIpc) is 1.85. The van der Waals surface area contributed by atoms with Crippen molar-refractivity contribution in [2.45, 2.75) is 33.3 Å². The van der Waals surface area contributed by atoms with Gasteiger partial charge in [0.1, 0.15) is 0 Å². The molecule has 2 N–H and O–H groups in total. The maximum atomic E-state index is 8.67. The van der Waals surface area contributed by atoms with Gasteiger partial charge in [-0.25, -0.2) is 5.48 Å². The molecule has 0 heterocycles. The van der Waals surface area contributed by atoms with Crippen LogP contribution in [0.3, 0.4) is 0 Å². The van der Waals surface area contributed by atoms with E-state index in [2.05, 4.69) is 5.48 Å². The smallest absolute Gasteiger partial charge is 0.0812 e. The summed E-state index contributed by atoms with van der Waals surface area (Å²) in [5.74, 6) is 0.248. The molecule has 0 aromatic carbocycles. The van der Waals surface area contributed by atoms with Gasteiger partial charge in [-0.15, -0.1) is 0 Å². The van der Waals surface area contributed by atoms with Crippen LogP contribution in [0.1, 0.15) is 27.7 Å². The Bertz CT molecular complexity index is 98.8. The molecule has 3 heteroatoms. The highest BCUT2D eigenvalue weighted by Crippen LogP contribution is 2.03. The van der Waals surface area contributed by atoms with Gasteiger partial charge < -0.3 is 5.11 Å². The van der Waals surface area contributed by atoms with E-state index in [0.29, 0.717) is 6.54 Å². The van der Waals surface area contributed by atoms with Crippen LogP contribution in [-0.2, 0) is 4.84 Å². The predicted molar refractivity (Wildman–Crippen MR) is 45.1 cm³/mol. The number of hydrogen-bond acceptors (Lipinski definition) is 3. The number of hydroxylamine groups is 1. The second-order valence-electron chi connectivity index (χ2n) is 3.85. The summed E-state index contributed by atoms with van der Waals surface area (Å²) in [6.07, 6.45) is 0. The third kappa shape index (κ3) is 7.78. The first-order valence-electron chi connectivity index (χ1n) is 3.97. The molecule has 0 aromatic rings. The Hall–Kier alpha value is -0.120. The molecule has 0 spiro atoms. The molecule has 0 aliphatic heterocycles. The Labute approximate surface area is 68.7 Å². The molecule has 0 amide bonds. The normalized spacial score (nSPS) is 15.0. The fraction of sp³-hybridized carbons (Fsp3) is 1.00. The second-order valence-corrected chi connectivity index (χ2v) is 3.85. The summed E-state index contributed by atoms with van der Waals surface area (Å²) >= 11 is 0. The minimum absolute atomic E-state index is 0.158. The van der Waals surface area contributed by atoms with Crippen molar-refractivity contribution < 1.29 is 9.94 Å². The van der Waals surface area contributed by atoms with Crippen LogP contribution in [0.15, 0.2) is 0 Å². The lowest BCUT2D eigenvalue weighted by Gasteiger charge is -2.20. The third-order valence-corrected chi connectivity index (χ3v) is 1.12. The molecular weight excluding hydrogens is 142 g/mol. The lowest BCUT2D eigenvalue weighted by molar-refractivity contribution is -0.0780. The van der Waals surface area contributed by atoms with Crippen LogP contribution in [0.25, 0.3) is 0 Å². The summed E-state index contributed by atoms with van der Waals surface area (Å²) in [4.78, 5) is 5.24. The zero-order valence-electron chi connectivity index (χ0n) is 7.85. The second kappa shape index (κ2) is 4.70. The van der Waals surface area contributed by atoms with E-state index >= 15 is 0 Å². The SMILES string of the molecule is CC(CO)CNOC(C)(C)C. The molecule has 3 nitrogen and oxygen atoms in total. The molecule has 1 atom stereocenters. The quantitative estimate of drug-likeness (QED) is 0.603. The molecule has 0 radical (unpaired) electrons. The standard InChI is InChI=1S/C8H19NO2/c1-7(6-10)5-9-11-8(2,3)4/h7,9-10H,5-6H2,1-4H3. The predicted octanol–water partition coefficient (Wildman–Crippen LogP) is 0.934. The Balaban J connectivity index is 3.28. The van der Waals surface area contributed by atoms with E-state index in [-0.39, 0.29) is 18.1 Å². The first-order chi connectivity index (χ1) is 4.95. The molecule has 0 aliphatic carbocycles. The van der Waals surface area contributed by atoms with Gasteiger partial charge in [0, 0.05) is 13.2 Å². The lowest BCUT2D eigenvalue weighted by Crippen LogP contribution is -2.32. The van der Waals surface area contributed by atoms with Gasteiger partial charge >= 0.3 is 0 Å². The van der Waals surface area contributed by atoms with Crippen LogP contribution >= 0.6 is 0 Å². The molecule has 0 saturated carbocycles. The zero-order chi connectivity index (χ0) is 8.91. The van der Waals surface area contributed by atoms with E-state index in [1.807, 2.05) is 27.7 Å².